The van der Waals surface area contributed by atoms with E-state index in [1.807, 2.05) is 109 Å². The second-order valence-corrected chi connectivity index (χ2v) is 26.8. The molecule has 0 saturated carbocycles. The predicted octanol–water partition coefficient (Wildman–Crippen LogP) is 3.33. The lowest BCUT2D eigenvalue weighted by Crippen LogP contribution is -2.61. The molecule has 8 aromatic rings. The Hall–Kier alpha value is -10.3. The summed E-state index contributed by atoms with van der Waals surface area (Å²) in [6, 6.07) is 28.9. The van der Waals surface area contributed by atoms with E-state index >= 15 is 24.0 Å². The number of fused-ring (bicyclic) bond motifs is 3. The van der Waals surface area contributed by atoms with E-state index in [9.17, 15) is 19.2 Å². The van der Waals surface area contributed by atoms with E-state index < -0.39 is 113 Å². The molecule has 3 heterocycles. The molecule has 0 spiro atoms. The zero-order chi connectivity index (χ0) is 75.0. The molecule has 27 nitrogen and oxygen atoms in total. The van der Waals surface area contributed by atoms with Gasteiger partial charge in [0.2, 0.25) is 53.2 Å². The summed E-state index contributed by atoms with van der Waals surface area (Å²) in [6.45, 7) is 1.59. The number of aromatic nitrogens is 3. The minimum atomic E-state index is -1.52. The Morgan fingerprint density at radius 3 is 0.933 bits per heavy atom. The van der Waals surface area contributed by atoms with Gasteiger partial charge in [-0.05, 0) is 169 Å². The topological polar surface area (TPSA) is 479 Å². The number of para-hydroxylation sites is 3. The van der Waals surface area contributed by atoms with Crippen molar-refractivity contribution >= 4 is 85.9 Å². The zero-order valence-electron chi connectivity index (χ0n) is 59.7. The summed E-state index contributed by atoms with van der Waals surface area (Å²) in [5, 5.41) is 25.7. The monoisotopic (exact) mass is 1440 g/mol. The first-order valence-electron chi connectivity index (χ1n) is 36.7. The van der Waals surface area contributed by atoms with E-state index in [0.717, 1.165) is 32.7 Å². The van der Waals surface area contributed by atoms with Gasteiger partial charge in [-0.15, -0.1) is 0 Å². The maximum absolute atomic E-state index is 15.9. The third kappa shape index (κ3) is 23.6. The molecule has 0 radical (unpaired) electrons. The fraction of sp³-hybridized carbons (Fsp3) is 0.423. The summed E-state index contributed by atoms with van der Waals surface area (Å²) >= 11 is 0. The SMILES string of the molecule is NCCCC[C@@H](N)C(=O)N[C@H](CCCCN)C(=O)N[C@@H](Cc1c[nH]c2ccccc12)C(=O)NC(C(=O)N[C@H](CCCCN)C(=O)N[C@H](CCCCN)C(=O)N[C@@H](Cc1c[nH]c2ccccc12)C(=O)N[C@@H](Cc1c[nH]c2ccccc12)C(=O)N[C@H](CCCCN)C(N)=O)C(c1ccccc1)c1ccccc1. The Labute approximate surface area is 612 Å². The van der Waals surface area contributed by atoms with E-state index in [-0.39, 0.29) is 58.0 Å². The molecule has 9 amide bonds. The molecule has 5 aromatic carbocycles. The molecule has 0 saturated heterocycles. The highest BCUT2D eigenvalue weighted by Crippen LogP contribution is 2.30. The van der Waals surface area contributed by atoms with Crippen LogP contribution in [0.25, 0.3) is 32.7 Å². The van der Waals surface area contributed by atoms with E-state index in [1.54, 1.807) is 42.9 Å². The molecule has 1 unspecified atom stereocenters. The van der Waals surface area contributed by atoms with Crippen LogP contribution in [0.2, 0.25) is 0 Å². The van der Waals surface area contributed by atoms with Crippen molar-refractivity contribution in [3.8, 4) is 0 Å². The van der Waals surface area contributed by atoms with Gasteiger partial charge < -0.3 is 97.6 Å². The number of aromatic amines is 3. The number of primary amides is 1. The van der Waals surface area contributed by atoms with Gasteiger partial charge in [0.15, 0.2) is 0 Å². The molecule has 8 rings (SSSR count). The highest BCUT2D eigenvalue weighted by Gasteiger charge is 2.39. The largest absolute Gasteiger partial charge is 0.368 e. The van der Waals surface area contributed by atoms with Gasteiger partial charge in [-0.25, -0.2) is 0 Å². The number of nitrogens with one attached hydrogen (secondary N) is 11. The van der Waals surface area contributed by atoms with Crippen molar-refractivity contribution in [1.29, 1.82) is 0 Å². The second kappa shape index (κ2) is 41.9. The first kappa shape index (κ1) is 80.4. The summed E-state index contributed by atoms with van der Waals surface area (Å²) in [6.07, 6.45) is 10.5. The third-order valence-electron chi connectivity index (χ3n) is 19.1. The van der Waals surface area contributed by atoms with Crippen LogP contribution in [0.15, 0.2) is 152 Å². The van der Waals surface area contributed by atoms with Gasteiger partial charge in [0.25, 0.3) is 0 Å². The molecule has 0 aliphatic heterocycles. The number of nitrogens with two attached hydrogens (primary N) is 7. The number of benzene rings is 5. The fourth-order valence-electron chi connectivity index (χ4n) is 13.2. The maximum atomic E-state index is 15.9. The second-order valence-electron chi connectivity index (χ2n) is 26.8. The van der Waals surface area contributed by atoms with Gasteiger partial charge in [-0.3, -0.25) is 43.2 Å². The lowest BCUT2D eigenvalue weighted by molar-refractivity contribution is -0.136. The van der Waals surface area contributed by atoms with E-state index in [4.69, 9.17) is 40.1 Å². The van der Waals surface area contributed by atoms with Gasteiger partial charge in [0.1, 0.15) is 48.3 Å². The Morgan fingerprint density at radius 2 is 0.581 bits per heavy atom. The number of hydrogen-bond acceptors (Lipinski definition) is 15. The lowest BCUT2D eigenvalue weighted by atomic mass is 9.84. The average Bonchev–Trinajstić information content (AvgIpc) is 1.08. The quantitative estimate of drug-likeness (QED) is 0.0243. The van der Waals surface area contributed by atoms with Crippen LogP contribution in [0.1, 0.15) is 130 Å². The third-order valence-corrected chi connectivity index (χ3v) is 19.1. The molecule has 27 heteroatoms. The Morgan fingerprint density at radius 1 is 0.305 bits per heavy atom. The predicted molar refractivity (Wildman–Crippen MR) is 408 cm³/mol. The average molecular weight is 1440 g/mol. The van der Waals surface area contributed by atoms with Crippen LogP contribution in [0.3, 0.4) is 0 Å². The van der Waals surface area contributed by atoms with Crippen molar-refractivity contribution in [3.63, 3.8) is 0 Å². The number of carbonyl (C=O) groups is 9. The van der Waals surface area contributed by atoms with Crippen LogP contribution in [-0.4, -0.2) is 155 Å². The molecule has 9 atom stereocenters. The number of rotatable bonds is 46. The molecule has 0 fully saturated rings. The van der Waals surface area contributed by atoms with E-state index in [2.05, 4.69) is 57.5 Å². The molecule has 0 bridgehead atoms. The van der Waals surface area contributed by atoms with Crippen LogP contribution >= 0.6 is 0 Å². The molecular formula is C78H106N18O9. The van der Waals surface area contributed by atoms with Crippen LogP contribution in [0.5, 0.6) is 0 Å². The van der Waals surface area contributed by atoms with E-state index in [0.29, 0.717) is 118 Å². The molecule has 0 aliphatic carbocycles. The fourth-order valence-corrected chi connectivity index (χ4v) is 13.2. The van der Waals surface area contributed by atoms with Crippen LogP contribution in [-0.2, 0) is 62.4 Å². The maximum Gasteiger partial charge on any atom is 0.244 e. The molecule has 25 N–H and O–H groups in total. The van der Waals surface area contributed by atoms with Crippen molar-refractivity contribution in [3.05, 3.63) is 180 Å². The minimum Gasteiger partial charge on any atom is -0.368 e. The van der Waals surface area contributed by atoms with Crippen molar-refractivity contribution in [2.24, 2.45) is 40.1 Å². The normalized spacial score (nSPS) is 14.0. The smallest absolute Gasteiger partial charge is 0.244 e. The summed E-state index contributed by atoms with van der Waals surface area (Å²) < 4.78 is 0. The highest BCUT2D eigenvalue weighted by atomic mass is 16.2. The first-order valence-corrected chi connectivity index (χ1v) is 36.7. The van der Waals surface area contributed by atoms with Gasteiger partial charge in [-0.2, -0.15) is 0 Å². The van der Waals surface area contributed by atoms with Gasteiger partial charge >= 0.3 is 0 Å². The number of hydrogen-bond donors (Lipinski definition) is 18. The Balaban J connectivity index is 1.13. The van der Waals surface area contributed by atoms with Crippen molar-refractivity contribution in [1.82, 2.24) is 57.5 Å². The molecule has 562 valence electrons. The molecular weight excluding hydrogens is 1330 g/mol. The first-order chi connectivity index (χ1) is 50.9. The van der Waals surface area contributed by atoms with Gasteiger partial charge in [-0.1, -0.05) is 122 Å². The Kier molecular flexibility index (Phi) is 32.1. The van der Waals surface area contributed by atoms with Crippen LogP contribution in [0.4, 0.5) is 0 Å². The van der Waals surface area contributed by atoms with Gasteiger partial charge in [0.05, 0.1) is 6.04 Å². The lowest BCUT2D eigenvalue weighted by Gasteiger charge is -2.32. The molecule has 3 aromatic heterocycles. The standard InChI is InChI=1S/C78H106N18O9/c79-38-18-13-30-57(84)71(98)90-62(35-15-20-40-81)73(100)94-67(45-53-48-88-60-33-12-9-29-56(53)60)77(104)96-69(68(49-23-3-1-4-24-49)50-25-5-2-6-26-50)78(105)92-64(37-17-22-42-83)72(99)91-63(36-16-21-41-82)74(101)93-66(44-52-47-87-59-32-11-8-28-55(52)59)76(103)95-65(43-51-46-86-58-31-10-7-27-54(51)58)75(102)89-61(70(85)97)34-14-19-39-80/h1-12,23-29,31-33,46-48,57,61-69,86-88H,13-22,30,34-45,79-84H2,(H2,85,97)(H,89,102)(H,90,98)(H,91,99)(H,92,105)(H,93,101)(H,94,100)(H,95,103)(H,96,104)/t57-,61-,62-,63-,64-,65+,66+,67+,69?/m1/s1. The number of H-pyrrole nitrogens is 3. The van der Waals surface area contributed by atoms with Crippen molar-refractivity contribution in [2.75, 3.05) is 32.7 Å². The summed E-state index contributed by atoms with van der Waals surface area (Å²) in [5.74, 6) is -7.53. The number of amides is 9. The summed E-state index contributed by atoms with van der Waals surface area (Å²) in [4.78, 5) is 143. The molecule has 105 heavy (non-hydrogen) atoms. The summed E-state index contributed by atoms with van der Waals surface area (Å²) in [5.41, 5.74) is 47.2. The Bertz CT molecular complexity index is 4070. The van der Waals surface area contributed by atoms with Crippen molar-refractivity contribution < 1.29 is 43.2 Å². The van der Waals surface area contributed by atoms with Crippen molar-refractivity contribution in [2.45, 2.75) is 176 Å². The molecule has 0 aliphatic rings. The minimum absolute atomic E-state index is 0.0101. The van der Waals surface area contributed by atoms with Crippen LogP contribution in [0, 0.1) is 0 Å². The highest BCUT2D eigenvalue weighted by molar-refractivity contribution is 6.00. The van der Waals surface area contributed by atoms with Gasteiger partial charge in [0, 0.05) is 76.5 Å². The number of carbonyl (C=O) groups excluding carboxylic acids is 9. The number of unbranched alkanes of at least 4 members (excludes halogenated alkanes) is 5. The van der Waals surface area contributed by atoms with Crippen LogP contribution < -0.4 is 82.7 Å². The zero-order valence-corrected chi connectivity index (χ0v) is 59.7. The van der Waals surface area contributed by atoms with E-state index in [1.165, 1.54) is 0 Å². The summed E-state index contributed by atoms with van der Waals surface area (Å²) in [7, 11) is 0.